The molecule has 1 N–H and O–H groups in total. The first kappa shape index (κ1) is 18.1. The van der Waals surface area contributed by atoms with E-state index in [-0.39, 0.29) is 29.5 Å². The molecule has 8 heteroatoms. The highest BCUT2D eigenvalue weighted by molar-refractivity contribution is 5.84. The van der Waals surface area contributed by atoms with Gasteiger partial charge in [0.05, 0.1) is 0 Å². The minimum Gasteiger partial charge on any atom is -0.490 e. The van der Waals surface area contributed by atoms with Crippen LogP contribution in [0.25, 0.3) is 10.8 Å². The summed E-state index contributed by atoms with van der Waals surface area (Å²) in [5.41, 5.74) is 0.617. The number of halogens is 3. The van der Waals surface area contributed by atoms with Gasteiger partial charge in [0.2, 0.25) is 0 Å². The van der Waals surface area contributed by atoms with Gasteiger partial charge in [0, 0.05) is 42.0 Å². The van der Waals surface area contributed by atoms with Crippen LogP contribution in [0.1, 0.15) is 18.4 Å². The molecule has 3 aromatic rings. The van der Waals surface area contributed by atoms with Crippen molar-refractivity contribution >= 4 is 10.8 Å². The van der Waals surface area contributed by atoms with E-state index in [2.05, 4.69) is 19.8 Å². The SMILES string of the molecule is Fc1ccc2cnccc2c1CN[C@H]1C[C@H](Oc2ccc3c(c2)OC(F)(F)O3)C1. The Hall–Kier alpha value is -3.00. The lowest BCUT2D eigenvalue weighted by Crippen LogP contribution is -2.46. The molecule has 1 aromatic heterocycles. The lowest BCUT2D eigenvalue weighted by molar-refractivity contribution is -0.286. The van der Waals surface area contributed by atoms with Gasteiger partial charge in [0.1, 0.15) is 17.7 Å². The lowest BCUT2D eigenvalue weighted by Gasteiger charge is -2.36. The zero-order valence-electron chi connectivity index (χ0n) is 15.2. The molecule has 1 aliphatic heterocycles. The van der Waals surface area contributed by atoms with E-state index in [1.54, 1.807) is 24.5 Å². The number of alkyl halides is 2. The molecule has 5 rings (SSSR count). The number of nitrogens with zero attached hydrogens (tertiary/aromatic N) is 1. The largest absolute Gasteiger partial charge is 0.586 e. The van der Waals surface area contributed by atoms with Crippen LogP contribution < -0.4 is 19.5 Å². The Morgan fingerprint density at radius 2 is 1.93 bits per heavy atom. The quantitative estimate of drug-likeness (QED) is 0.686. The molecule has 29 heavy (non-hydrogen) atoms. The van der Waals surface area contributed by atoms with Gasteiger partial charge < -0.3 is 19.5 Å². The van der Waals surface area contributed by atoms with Crippen molar-refractivity contribution in [2.24, 2.45) is 0 Å². The second-order valence-corrected chi connectivity index (χ2v) is 7.19. The number of ether oxygens (including phenoxy) is 3. The Kier molecular flexibility index (Phi) is 4.24. The molecule has 2 heterocycles. The Morgan fingerprint density at radius 1 is 1.10 bits per heavy atom. The summed E-state index contributed by atoms with van der Waals surface area (Å²) in [5.74, 6) is 0.145. The molecule has 0 bridgehead atoms. The van der Waals surface area contributed by atoms with Crippen molar-refractivity contribution in [2.75, 3.05) is 0 Å². The summed E-state index contributed by atoms with van der Waals surface area (Å²) in [6.45, 7) is 0.406. The molecule has 2 aromatic carbocycles. The van der Waals surface area contributed by atoms with Gasteiger partial charge in [-0.3, -0.25) is 4.98 Å². The summed E-state index contributed by atoms with van der Waals surface area (Å²) in [6.07, 6.45) is 1.15. The minimum absolute atomic E-state index is 0.0113. The van der Waals surface area contributed by atoms with Gasteiger partial charge in [-0.25, -0.2) is 4.39 Å². The van der Waals surface area contributed by atoms with E-state index in [0.717, 1.165) is 23.6 Å². The van der Waals surface area contributed by atoms with E-state index in [9.17, 15) is 13.2 Å². The fraction of sp³-hybridized carbons (Fsp3) is 0.286. The Morgan fingerprint density at radius 3 is 2.79 bits per heavy atom. The normalized spacial score (nSPS) is 21.8. The average Bonchev–Trinajstić information content (AvgIpc) is 2.97. The summed E-state index contributed by atoms with van der Waals surface area (Å²) in [6, 6.07) is 9.55. The van der Waals surface area contributed by atoms with Gasteiger partial charge >= 0.3 is 6.29 Å². The molecule has 0 radical (unpaired) electrons. The van der Waals surface area contributed by atoms with Crippen LogP contribution in [-0.2, 0) is 6.54 Å². The summed E-state index contributed by atoms with van der Waals surface area (Å²) in [7, 11) is 0. The van der Waals surface area contributed by atoms with Crippen LogP contribution in [0.3, 0.4) is 0 Å². The topological polar surface area (TPSA) is 52.6 Å². The van der Waals surface area contributed by atoms with Gasteiger partial charge in [0.25, 0.3) is 0 Å². The Bertz CT molecular complexity index is 1070. The van der Waals surface area contributed by atoms with E-state index in [1.165, 1.54) is 18.2 Å². The number of hydrogen-bond acceptors (Lipinski definition) is 5. The summed E-state index contributed by atoms with van der Waals surface area (Å²) >= 11 is 0. The zero-order chi connectivity index (χ0) is 20.0. The number of aromatic nitrogens is 1. The van der Waals surface area contributed by atoms with Crippen molar-refractivity contribution in [1.82, 2.24) is 10.3 Å². The Balaban J connectivity index is 1.17. The summed E-state index contributed by atoms with van der Waals surface area (Å²) in [5, 5.41) is 5.09. The molecule has 1 saturated carbocycles. The minimum atomic E-state index is -3.64. The molecule has 0 atom stereocenters. The smallest absolute Gasteiger partial charge is 0.490 e. The third-order valence-electron chi connectivity index (χ3n) is 5.21. The Labute approximate surface area is 164 Å². The van der Waals surface area contributed by atoms with E-state index in [0.29, 0.717) is 17.9 Å². The molecule has 150 valence electrons. The van der Waals surface area contributed by atoms with Gasteiger partial charge in [-0.15, -0.1) is 8.78 Å². The molecule has 0 unspecified atom stereocenters. The van der Waals surface area contributed by atoms with Crippen molar-refractivity contribution in [3.63, 3.8) is 0 Å². The van der Waals surface area contributed by atoms with E-state index in [1.807, 2.05) is 6.07 Å². The van der Waals surface area contributed by atoms with Crippen LogP contribution in [-0.4, -0.2) is 23.4 Å². The molecule has 2 aliphatic rings. The van der Waals surface area contributed by atoms with Crippen LogP contribution in [0.15, 0.2) is 48.8 Å². The molecule has 0 spiro atoms. The first-order valence-corrected chi connectivity index (χ1v) is 9.28. The standard InChI is InChI=1S/C21H17F3N2O3/c22-18-3-1-12-10-25-6-5-16(12)17(18)11-26-13-7-15(8-13)27-14-2-4-19-20(9-14)29-21(23,24)28-19/h1-6,9-10,13,15,26H,7-8,11H2/t13-,15-. The molecular formula is C21H17F3N2O3. The first-order chi connectivity index (χ1) is 14.0. The fourth-order valence-corrected chi connectivity index (χ4v) is 3.66. The van der Waals surface area contributed by atoms with Crippen LogP contribution in [0.5, 0.6) is 17.2 Å². The van der Waals surface area contributed by atoms with Crippen molar-refractivity contribution < 1.29 is 27.4 Å². The molecule has 1 aliphatic carbocycles. The van der Waals surface area contributed by atoms with E-state index < -0.39 is 6.29 Å². The van der Waals surface area contributed by atoms with E-state index >= 15 is 0 Å². The summed E-state index contributed by atoms with van der Waals surface area (Å²) < 4.78 is 55.1. The van der Waals surface area contributed by atoms with Crippen LogP contribution >= 0.6 is 0 Å². The molecule has 1 fully saturated rings. The number of nitrogens with one attached hydrogen (secondary N) is 1. The highest BCUT2D eigenvalue weighted by Gasteiger charge is 2.43. The monoisotopic (exact) mass is 402 g/mol. The average molecular weight is 402 g/mol. The molecular weight excluding hydrogens is 385 g/mol. The van der Waals surface area contributed by atoms with Crippen LogP contribution in [0, 0.1) is 5.82 Å². The highest BCUT2D eigenvalue weighted by atomic mass is 19.3. The predicted octanol–water partition coefficient (Wildman–Crippen LogP) is 4.40. The third kappa shape index (κ3) is 3.55. The second kappa shape index (κ2) is 6.81. The summed E-state index contributed by atoms with van der Waals surface area (Å²) in [4.78, 5) is 4.07. The van der Waals surface area contributed by atoms with Crippen LogP contribution in [0.2, 0.25) is 0 Å². The van der Waals surface area contributed by atoms with Crippen molar-refractivity contribution in [3.8, 4) is 17.2 Å². The number of benzene rings is 2. The van der Waals surface area contributed by atoms with E-state index in [4.69, 9.17) is 4.74 Å². The van der Waals surface area contributed by atoms with Gasteiger partial charge in [-0.1, -0.05) is 0 Å². The number of fused-ring (bicyclic) bond motifs is 2. The van der Waals surface area contributed by atoms with Gasteiger partial charge in [0.15, 0.2) is 11.5 Å². The second-order valence-electron chi connectivity index (χ2n) is 7.19. The lowest BCUT2D eigenvalue weighted by atomic mass is 9.89. The van der Waals surface area contributed by atoms with Crippen molar-refractivity contribution in [1.29, 1.82) is 0 Å². The van der Waals surface area contributed by atoms with Gasteiger partial charge in [-0.05, 0) is 48.6 Å². The van der Waals surface area contributed by atoms with Crippen LogP contribution in [0.4, 0.5) is 13.2 Å². The number of hydrogen-bond donors (Lipinski definition) is 1. The molecule has 0 saturated heterocycles. The number of pyridine rings is 1. The fourth-order valence-electron chi connectivity index (χ4n) is 3.66. The third-order valence-corrected chi connectivity index (χ3v) is 5.21. The maximum Gasteiger partial charge on any atom is 0.586 e. The maximum absolute atomic E-state index is 14.3. The highest BCUT2D eigenvalue weighted by Crippen LogP contribution is 2.43. The maximum atomic E-state index is 14.3. The van der Waals surface area contributed by atoms with Crippen molar-refractivity contribution in [3.05, 3.63) is 60.2 Å². The predicted molar refractivity (Wildman–Crippen MR) is 98.6 cm³/mol. The molecule has 5 nitrogen and oxygen atoms in total. The zero-order valence-corrected chi connectivity index (χ0v) is 15.2. The molecule has 0 amide bonds. The number of rotatable bonds is 5. The van der Waals surface area contributed by atoms with Crippen molar-refractivity contribution in [2.45, 2.75) is 37.8 Å². The van der Waals surface area contributed by atoms with Gasteiger partial charge in [-0.2, -0.15) is 0 Å². The first-order valence-electron chi connectivity index (χ1n) is 9.28.